The normalized spacial score (nSPS) is 13.2. The number of rotatable bonds is 8. The highest BCUT2D eigenvalue weighted by Crippen LogP contribution is 2.34. The second-order valence-corrected chi connectivity index (χ2v) is 11.0. The molecular formula is C28H38ClN3O5. The first-order chi connectivity index (χ1) is 17.1. The Morgan fingerprint density at radius 3 is 2.14 bits per heavy atom. The molecule has 37 heavy (non-hydrogen) atoms. The lowest BCUT2D eigenvalue weighted by Gasteiger charge is -2.38. The molecule has 0 aliphatic rings. The van der Waals surface area contributed by atoms with Crippen molar-refractivity contribution in [3.63, 3.8) is 0 Å². The first-order valence-electron chi connectivity index (χ1n) is 12.3. The number of alkyl carbamates (subject to hydrolysis) is 1. The number of phenols is 1. The Balaban J connectivity index is 2.57. The number of aromatic hydroxyl groups is 1. The standard InChI is InChI=1S/C28H38ClN3O5/c1-16(2)22(31-27(36)37-28(6,7)8)26(35)32(17(3)4)24(19-13-9-10-15-21(19)33)25(34)30-23-18(5)12-11-14-20(23)29/h9-17,22,24,33H,1-8H3,(H,30,34)(H,31,36). The van der Waals surface area contributed by atoms with Crippen molar-refractivity contribution >= 4 is 35.2 Å². The van der Waals surface area contributed by atoms with Gasteiger partial charge in [-0.3, -0.25) is 9.59 Å². The zero-order chi connectivity index (χ0) is 28.1. The van der Waals surface area contributed by atoms with E-state index in [4.69, 9.17) is 16.3 Å². The number of carbonyl (C=O) groups excluding carboxylic acids is 3. The number of hydrogen-bond acceptors (Lipinski definition) is 5. The van der Waals surface area contributed by atoms with E-state index in [9.17, 15) is 19.5 Å². The smallest absolute Gasteiger partial charge is 0.408 e. The molecule has 0 spiro atoms. The van der Waals surface area contributed by atoms with E-state index in [-0.39, 0.29) is 17.2 Å². The van der Waals surface area contributed by atoms with Crippen molar-refractivity contribution in [1.29, 1.82) is 0 Å². The largest absolute Gasteiger partial charge is 0.508 e. The summed E-state index contributed by atoms with van der Waals surface area (Å²) in [6.45, 7) is 14.1. The molecule has 0 bridgehead atoms. The van der Waals surface area contributed by atoms with Gasteiger partial charge in [-0.1, -0.05) is 55.8 Å². The average Bonchev–Trinajstić information content (AvgIpc) is 2.77. The predicted octanol–water partition coefficient (Wildman–Crippen LogP) is 5.82. The van der Waals surface area contributed by atoms with Crippen LogP contribution in [0.4, 0.5) is 10.5 Å². The molecule has 8 nitrogen and oxygen atoms in total. The monoisotopic (exact) mass is 531 g/mol. The van der Waals surface area contributed by atoms with Crippen molar-refractivity contribution in [3.05, 3.63) is 58.6 Å². The Morgan fingerprint density at radius 2 is 1.62 bits per heavy atom. The highest BCUT2D eigenvalue weighted by molar-refractivity contribution is 6.34. The summed E-state index contributed by atoms with van der Waals surface area (Å²) in [5, 5.41) is 16.6. The van der Waals surface area contributed by atoms with Crippen LogP contribution in [0.5, 0.6) is 5.75 Å². The number of hydrogen-bond donors (Lipinski definition) is 3. The molecule has 202 valence electrons. The zero-order valence-electron chi connectivity index (χ0n) is 22.8. The van der Waals surface area contributed by atoms with E-state index in [0.717, 1.165) is 5.56 Å². The molecule has 0 saturated heterocycles. The highest BCUT2D eigenvalue weighted by Gasteiger charge is 2.40. The van der Waals surface area contributed by atoms with Gasteiger partial charge in [-0.15, -0.1) is 0 Å². The molecular weight excluding hydrogens is 494 g/mol. The van der Waals surface area contributed by atoms with Gasteiger partial charge in [-0.2, -0.15) is 0 Å². The van der Waals surface area contributed by atoms with Gasteiger partial charge in [-0.25, -0.2) is 4.79 Å². The van der Waals surface area contributed by atoms with Crippen LogP contribution in [0.15, 0.2) is 42.5 Å². The number of aryl methyl sites for hydroxylation is 1. The van der Waals surface area contributed by atoms with Crippen molar-refractivity contribution in [2.75, 3.05) is 5.32 Å². The number of anilines is 1. The number of carbonyl (C=O) groups is 3. The van der Waals surface area contributed by atoms with E-state index in [1.54, 1.807) is 91.8 Å². The Kier molecular flexibility index (Phi) is 9.98. The van der Waals surface area contributed by atoms with Gasteiger partial charge in [0.15, 0.2) is 0 Å². The molecule has 0 aromatic heterocycles. The van der Waals surface area contributed by atoms with Gasteiger partial charge in [-0.05, 0) is 65.2 Å². The lowest BCUT2D eigenvalue weighted by molar-refractivity contribution is -0.143. The number of benzene rings is 2. The molecule has 2 atom stereocenters. The summed E-state index contributed by atoms with van der Waals surface area (Å²) in [7, 11) is 0. The van der Waals surface area contributed by atoms with Gasteiger partial charge >= 0.3 is 6.09 Å². The molecule has 0 radical (unpaired) electrons. The fraction of sp³-hybridized carbons (Fsp3) is 0.464. The maximum Gasteiger partial charge on any atom is 0.408 e. The molecule has 0 saturated carbocycles. The van der Waals surface area contributed by atoms with Crippen LogP contribution in [0.1, 0.15) is 65.6 Å². The first-order valence-corrected chi connectivity index (χ1v) is 12.7. The maximum atomic E-state index is 14.0. The second-order valence-electron chi connectivity index (χ2n) is 10.6. The quantitative estimate of drug-likeness (QED) is 0.398. The van der Waals surface area contributed by atoms with Crippen molar-refractivity contribution < 1.29 is 24.2 Å². The Labute approximate surface area is 224 Å². The van der Waals surface area contributed by atoms with Crippen LogP contribution >= 0.6 is 11.6 Å². The average molecular weight is 532 g/mol. The molecule has 3 N–H and O–H groups in total. The lowest BCUT2D eigenvalue weighted by Crippen LogP contribution is -2.56. The molecule has 0 aliphatic heterocycles. The van der Waals surface area contributed by atoms with Crippen LogP contribution in [0.25, 0.3) is 0 Å². The number of nitrogens with zero attached hydrogens (tertiary/aromatic N) is 1. The molecule has 2 aromatic carbocycles. The van der Waals surface area contributed by atoms with Gasteiger partial charge in [0.1, 0.15) is 23.4 Å². The minimum Gasteiger partial charge on any atom is -0.508 e. The molecule has 3 amide bonds. The highest BCUT2D eigenvalue weighted by atomic mass is 35.5. The number of amides is 3. The summed E-state index contributed by atoms with van der Waals surface area (Å²) in [5.41, 5.74) is 0.646. The van der Waals surface area contributed by atoms with E-state index in [1.807, 2.05) is 0 Å². The Bertz CT molecular complexity index is 1110. The third-order valence-corrected chi connectivity index (χ3v) is 5.96. The van der Waals surface area contributed by atoms with Gasteiger partial charge in [0.2, 0.25) is 5.91 Å². The lowest BCUT2D eigenvalue weighted by atomic mass is 9.97. The first kappa shape index (κ1) is 30.0. The molecule has 2 rings (SSSR count). The van der Waals surface area contributed by atoms with Gasteiger partial charge < -0.3 is 25.4 Å². The van der Waals surface area contributed by atoms with Crippen molar-refractivity contribution in [1.82, 2.24) is 10.2 Å². The number of para-hydroxylation sites is 2. The van der Waals surface area contributed by atoms with Crippen LogP contribution in [-0.2, 0) is 14.3 Å². The van der Waals surface area contributed by atoms with Gasteiger partial charge in [0.05, 0.1) is 10.7 Å². The van der Waals surface area contributed by atoms with Crippen LogP contribution in [-0.4, -0.2) is 45.6 Å². The van der Waals surface area contributed by atoms with Crippen molar-refractivity contribution in [2.24, 2.45) is 5.92 Å². The minimum atomic E-state index is -1.22. The third kappa shape index (κ3) is 7.86. The van der Waals surface area contributed by atoms with Crippen LogP contribution in [0, 0.1) is 12.8 Å². The fourth-order valence-electron chi connectivity index (χ4n) is 3.91. The number of nitrogens with one attached hydrogen (secondary N) is 2. The molecule has 2 unspecified atom stereocenters. The summed E-state index contributed by atoms with van der Waals surface area (Å²) in [4.78, 5) is 41.8. The summed E-state index contributed by atoms with van der Waals surface area (Å²) >= 11 is 6.36. The molecule has 0 aliphatic carbocycles. The van der Waals surface area contributed by atoms with Gasteiger partial charge in [0, 0.05) is 11.6 Å². The third-order valence-electron chi connectivity index (χ3n) is 5.64. The predicted molar refractivity (Wildman–Crippen MR) is 146 cm³/mol. The molecule has 0 heterocycles. The SMILES string of the molecule is Cc1cccc(Cl)c1NC(=O)C(c1ccccc1O)N(C(=O)C(NC(=O)OC(C)(C)C)C(C)C)C(C)C. The molecule has 2 aromatic rings. The van der Waals surface area contributed by atoms with Gasteiger partial charge in [0.25, 0.3) is 5.91 Å². The molecule has 9 heteroatoms. The number of ether oxygens (including phenoxy) is 1. The Hall–Kier alpha value is -3.26. The number of halogens is 1. The topological polar surface area (TPSA) is 108 Å². The van der Waals surface area contributed by atoms with E-state index in [2.05, 4.69) is 10.6 Å². The fourth-order valence-corrected chi connectivity index (χ4v) is 4.18. The molecule has 0 fully saturated rings. The van der Waals surface area contributed by atoms with E-state index >= 15 is 0 Å². The number of phenolic OH excluding ortho intramolecular Hbond substituents is 1. The van der Waals surface area contributed by atoms with Crippen LogP contribution in [0.3, 0.4) is 0 Å². The summed E-state index contributed by atoms with van der Waals surface area (Å²) in [6, 6.07) is 8.92. The van der Waals surface area contributed by atoms with Crippen molar-refractivity contribution in [2.45, 2.75) is 79.1 Å². The summed E-state index contributed by atoms with van der Waals surface area (Å²) < 4.78 is 5.37. The zero-order valence-corrected chi connectivity index (χ0v) is 23.5. The van der Waals surface area contributed by atoms with Crippen LogP contribution < -0.4 is 10.6 Å². The summed E-state index contributed by atoms with van der Waals surface area (Å²) in [6.07, 6.45) is -0.737. The van der Waals surface area contributed by atoms with E-state index in [0.29, 0.717) is 10.7 Å². The maximum absolute atomic E-state index is 14.0. The Morgan fingerprint density at radius 1 is 1.00 bits per heavy atom. The van der Waals surface area contributed by atoms with E-state index in [1.165, 1.54) is 11.0 Å². The van der Waals surface area contributed by atoms with Crippen molar-refractivity contribution in [3.8, 4) is 5.75 Å². The second kappa shape index (κ2) is 12.3. The van der Waals surface area contributed by atoms with Crippen LogP contribution in [0.2, 0.25) is 5.02 Å². The van der Waals surface area contributed by atoms with E-state index < -0.39 is 41.6 Å². The minimum absolute atomic E-state index is 0.141. The summed E-state index contributed by atoms with van der Waals surface area (Å²) in [5.74, 6) is -1.51.